The number of aliphatic carboxylic acids is 1. The van der Waals surface area contributed by atoms with Crippen LogP contribution in [-0.4, -0.2) is 33.0 Å². The first-order chi connectivity index (χ1) is 9.54. The molecule has 0 spiro atoms. The van der Waals surface area contributed by atoms with E-state index in [1.54, 1.807) is 20.8 Å². The number of amides is 1. The third kappa shape index (κ3) is 4.39. The maximum atomic E-state index is 12.3. The van der Waals surface area contributed by atoms with Gasteiger partial charge in [0, 0.05) is 5.92 Å². The zero-order valence-corrected chi connectivity index (χ0v) is 13.5. The molecule has 1 aromatic heterocycles. The average Bonchev–Trinajstić information content (AvgIpc) is 2.33. The van der Waals surface area contributed by atoms with Crippen LogP contribution in [0.4, 0.5) is 0 Å². The van der Waals surface area contributed by atoms with Crippen LogP contribution in [0.5, 0.6) is 0 Å². The minimum Gasteiger partial charge on any atom is -0.480 e. The molecular weight excluding hydrogens is 294 g/mol. The van der Waals surface area contributed by atoms with Crippen molar-refractivity contribution >= 4 is 23.5 Å². The number of halogens is 1. The first-order valence-electron chi connectivity index (χ1n) is 6.60. The van der Waals surface area contributed by atoms with Crippen molar-refractivity contribution in [1.29, 1.82) is 0 Å². The third-order valence-corrected chi connectivity index (χ3v) is 3.16. The van der Waals surface area contributed by atoms with E-state index < -0.39 is 23.3 Å². The Kier molecular flexibility index (Phi) is 5.28. The number of carboxylic acids is 1. The van der Waals surface area contributed by atoms with E-state index >= 15 is 0 Å². The average molecular weight is 314 g/mol. The van der Waals surface area contributed by atoms with E-state index in [0.29, 0.717) is 5.82 Å². The van der Waals surface area contributed by atoms with Crippen LogP contribution in [0.15, 0.2) is 6.20 Å². The summed E-state index contributed by atoms with van der Waals surface area (Å²) in [5, 5.41) is 11.8. The summed E-state index contributed by atoms with van der Waals surface area (Å²) in [6.45, 7) is 8.97. The second kappa shape index (κ2) is 6.39. The Morgan fingerprint density at radius 3 is 2.33 bits per heavy atom. The molecule has 0 saturated carbocycles. The quantitative estimate of drug-likeness (QED) is 0.891. The van der Waals surface area contributed by atoms with Gasteiger partial charge in [0.05, 0.1) is 11.2 Å². The number of carboxylic acid groups (broad SMARTS) is 1. The Hall–Kier alpha value is -1.69. The van der Waals surface area contributed by atoms with E-state index in [9.17, 15) is 14.7 Å². The van der Waals surface area contributed by atoms with Crippen LogP contribution in [-0.2, 0) is 4.79 Å². The molecule has 0 bridgehead atoms. The number of rotatable bonds is 4. The summed E-state index contributed by atoms with van der Waals surface area (Å²) in [6.07, 6.45) is 1.35. The lowest BCUT2D eigenvalue weighted by molar-refractivity contribution is -0.142. The van der Waals surface area contributed by atoms with E-state index in [2.05, 4.69) is 15.3 Å². The second-order valence-electron chi connectivity index (χ2n) is 6.19. The lowest BCUT2D eigenvalue weighted by Crippen LogP contribution is -2.49. The number of hydrogen-bond donors (Lipinski definition) is 2. The molecule has 1 aromatic rings. The fourth-order valence-corrected chi connectivity index (χ4v) is 1.84. The van der Waals surface area contributed by atoms with Crippen LogP contribution >= 0.6 is 11.6 Å². The maximum absolute atomic E-state index is 12.3. The number of carbonyl (C=O) groups excluding carboxylic acids is 1. The van der Waals surface area contributed by atoms with Gasteiger partial charge in [0.1, 0.15) is 17.6 Å². The Morgan fingerprint density at radius 1 is 1.33 bits per heavy atom. The molecule has 21 heavy (non-hydrogen) atoms. The van der Waals surface area contributed by atoms with Crippen LogP contribution in [0.1, 0.15) is 56.8 Å². The number of nitrogens with one attached hydrogen (secondary N) is 1. The SMILES string of the molecule is CC(C)c1ncc(Cl)c(C(=O)N[C@@H](C(=O)O)C(C)(C)C)n1. The van der Waals surface area contributed by atoms with Gasteiger partial charge in [-0.05, 0) is 5.41 Å². The first-order valence-corrected chi connectivity index (χ1v) is 6.98. The molecule has 0 aliphatic carbocycles. The first kappa shape index (κ1) is 17.4. The van der Waals surface area contributed by atoms with E-state index in [1.165, 1.54) is 6.20 Å². The van der Waals surface area contributed by atoms with Crippen molar-refractivity contribution in [3.8, 4) is 0 Å². The van der Waals surface area contributed by atoms with Crippen molar-refractivity contribution in [2.24, 2.45) is 5.41 Å². The summed E-state index contributed by atoms with van der Waals surface area (Å²) in [6, 6.07) is -1.04. The third-order valence-electron chi connectivity index (χ3n) is 2.88. The van der Waals surface area contributed by atoms with Gasteiger partial charge in [-0.25, -0.2) is 14.8 Å². The zero-order valence-electron chi connectivity index (χ0n) is 12.8. The highest BCUT2D eigenvalue weighted by atomic mass is 35.5. The fourth-order valence-electron chi connectivity index (χ4n) is 1.67. The van der Waals surface area contributed by atoms with Crippen molar-refractivity contribution < 1.29 is 14.7 Å². The van der Waals surface area contributed by atoms with E-state index in [-0.39, 0.29) is 16.6 Å². The topological polar surface area (TPSA) is 92.2 Å². The van der Waals surface area contributed by atoms with Crippen molar-refractivity contribution in [2.75, 3.05) is 0 Å². The highest BCUT2D eigenvalue weighted by Crippen LogP contribution is 2.21. The van der Waals surface area contributed by atoms with Gasteiger partial charge in [0.25, 0.3) is 5.91 Å². The van der Waals surface area contributed by atoms with Gasteiger partial charge < -0.3 is 10.4 Å². The van der Waals surface area contributed by atoms with Gasteiger partial charge in [-0.1, -0.05) is 46.2 Å². The molecule has 7 heteroatoms. The minimum absolute atomic E-state index is 0.00846. The van der Waals surface area contributed by atoms with Crippen LogP contribution in [0.2, 0.25) is 5.02 Å². The summed E-state index contributed by atoms with van der Waals surface area (Å²) in [7, 11) is 0. The minimum atomic E-state index is -1.11. The van der Waals surface area contributed by atoms with Crippen molar-refractivity contribution in [3.05, 3.63) is 22.7 Å². The Balaban J connectivity index is 3.08. The highest BCUT2D eigenvalue weighted by molar-refractivity contribution is 6.33. The molecule has 6 nitrogen and oxygen atoms in total. The second-order valence-corrected chi connectivity index (χ2v) is 6.60. The van der Waals surface area contributed by atoms with E-state index in [4.69, 9.17) is 11.6 Å². The van der Waals surface area contributed by atoms with Crippen molar-refractivity contribution in [1.82, 2.24) is 15.3 Å². The van der Waals surface area contributed by atoms with Gasteiger partial charge in [0.15, 0.2) is 0 Å². The number of hydrogen-bond acceptors (Lipinski definition) is 4. The predicted molar refractivity (Wildman–Crippen MR) is 79.5 cm³/mol. The standard InChI is InChI=1S/C14H20ClN3O3/c1-7(2)11-16-6-8(15)9(17-11)12(19)18-10(13(20)21)14(3,4)5/h6-7,10H,1-5H3,(H,18,19)(H,20,21)/t10-/m0/s1. The maximum Gasteiger partial charge on any atom is 0.326 e. The molecule has 1 amide bonds. The lowest BCUT2D eigenvalue weighted by Gasteiger charge is -2.27. The molecule has 0 radical (unpaired) electrons. The molecule has 0 aliphatic rings. The summed E-state index contributed by atoms with van der Waals surface area (Å²) in [5.74, 6) is -1.21. The molecule has 0 aliphatic heterocycles. The fraction of sp³-hybridized carbons (Fsp3) is 0.571. The van der Waals surface area contributed by atoms with Gasteiger partial charge in [0.2, 0.25) is 0 Å². The van der Waals surface area contributed by atoms with Crippen LogP contribution in [0.25, 0.3) is 0 Å². The number of aromatic nitrogens is 2. The Labute approximate surface area is 128 Å². The molecule has 2 N–H and O–H groups in total. The van der Waals surface area contributed by atoms with Gasteiger partial charge in [-0.3, -0.25) is 4.79 Å². The summed E-state index contributed by atoms with van der Waals surface area (Å²) >= 11 is 5.94. The smallest absolute Gasteiger partial charge is 0.326 e. The molecule has 1 atom stereocenters. The normalized spacial score (nSPS) is 13.1. The van der Waals surface area contributed by atoms with E-state index in [1.807, 2.05) is 13.8 Å². The molecule has 1 heterocycles. The van der Waals surface area contributed by atoms with Crippen molar-refractivity contribution in [3.63, 3.8) is 0 Å². The summed E-state index contributed by atoms with van der Waals surface area (Å²) in [4.78, 5) is 31.7. The van der Waals surface area contributed by atoms with Crippen LogP contribution in [0.3, 0.4) is 0 Å². The zero-order chi connectivity index (χ0) is 16.4. The summed E-state index contributed by atoms with van der Waals surface area (Å²) in [5.41, 5.74) is -0.645. The van der Waals surface area contributed by atoms with Crippen molar-refractivity contribution in [2.45, 2.75) is 46.6 Å². The van der Waals surface area contributed by atoms with E-state index in [0.717, 1.165) is 0 Å². The highest BCUT2D eigenvalue weighted by Gasteiger charge is 2.33. The Bertz CT molecular complexity index is 553. The van der Waals surface area contributed by atoms with Gasteiger partial charge >= 0.3 is 5.97 Å². The predicted octanol–water partition coefficient (Wildman–Crippen LogP) is 2.48. The van der Waals surface area contributed by atoms with Crippen LogP contribution < -0.4 is 5.32 Å². The number of nitrogens with zero attached hydrogens (tertiary/aromatic N) is 2. The largest absolute Gasteiger partial charge is 0.480 e. The molecule has 116 valence electrons. The molecule has 0 aromatic carbocycles. The van der Waals surface area contributed by atoms with Gasteiger partial charge in [-0.15, -0.1) is 0 Å². The molecular formula is C14H20ClN3O3. The van der Waals surface area contributed by atoms with Crippen LogP contribution in [0, 0.1) is 5.41 Å². The monoisotopic (exact) mass is 313 g/mol. The molecule has 0 unspecified atom stereocenters. The number of carbonyl (C=O) groups is 2. The summed E-state index contributed by atoms with van der Waals surface area (Å²) < 4.78 is 0. The lowest BCUT2D eigenvalue weighted by atomic mass is 9.86. The van der Waals surface area contributed by atoms with Gasteiger partial charge in [-0.2, -0.15) is 0 Å². The molecule has 0 fully saturated rings. The molecule has 1 rings (SSSR count). The Morgan fingerprint density at radius 2 is 1.90 bits per heavy atom. The molecule has 0 saturated heterocycles.